The van der Waals surface area contributed by atoms with E-state index in [0.29, 0.717) is 15.9 Å². The summed E-state index contributed by atoms with van der Waals surface area (Å²) in [7, 11) is -2.31. The zero-order valence-electron chi connectivity index (χ0n) is 16.0. The molecule has 0 amide bonds. The Labute approximate surface area is 181 Å². The summed E-state index contributed by atoms with van der Waals surface area (Å²) < 4.78 is 36.8. The number of hydrogen-bond acceptors (Lipinski definition) is 7. The van der Waals surface area contributed by atoms with Crippen LogP contribution in [0.15, 0.2) is 62.6 Å². The molecule has 0 radical (unpaired) electrons. The second-order valence-corrected chi connectivity index (χ2v) is 9.85. The van der Waals surface area contributed by atoms with Gasteiger partial charge in [-0.2, -0.15) is 13.7 Å². The number of hydrogen-bond donors (Lipinski definition) is 0. The molecule has 2 aromatic heterocycles. The van der Waals surface area contributed by atoms with Crippen LogP contribution in [0.5, 0.6) is 0 Å². The Balaban J connectivity index is 1.75. The van der Waals surface area contributed by atoms with E-state index in [0.717, 1.165) is 17.1 Å². The number of nitrogens with zero attached hydrogens (tertiary/aromatic N) is 3. The summed E-state index contributed by atoms with van der Waals surface area (Å²) in [5, 5.41) is 0.530. The molecule has 7 nitrogen and oxygen atoms in total. The van der Waals surface area contributed by atoms with E-state index in [-0.39, 0.29) is 27.9 Å². The van der Waals surface area contributed by atoms with Crippen molar-refractivity contribution in [1.29, 1.82) is 0 Å². The number of fused-ring (bicyclic) bond motifs is 1. The van der Waals surface area contributed by atoms with E-state index < -0.39 is 15.6 Å². The lowest BCUT2D eigenvalue weighted by Gasteiger charge is -2.18. The van der Waals surface area contributed by atoms with Gasteiger partial charge in [0.15, 0.2) is 4.83 Å². The molecule has 4 aromatic rings. The highest BCUT2D eigenvalue weighted by Gasteiger charge is 2.24. The van der Waals surface area contributed by atoms with Crippen LogP contribution in [0, 0.1) is 6.92 Å². The number of benzene rings is 2. The van der Waals surface area contributed by atoms with E-state index in [2.05, 4.69) is 9.36 Å². The minimum Gasteiger partial charge on any atom is -0.403 e. The summed E-state index contributed by atoms with van der Waals surface area (Å²) in [5.74, 6) is -0.0519. The van der Waals surface area contributed by atoms with Crippen molar-refractivity contribution in [2.45, 2.75) is 18.4 Å². The van der Waals surface area contributed by atoms with Gasteiger partial charge in [-0.15, -0.1) is 0 Å². The Morgan fingerprint density at radius 1 is 1.17 bits per heavy atom. The highest BCUT2D eigenvalue weighted by molar-refractivity contribution is 7.89. The molecule has 0 atom stereocenters. The molecular weight excluding hydrogens is 446 g/mol. The Morgan fingerprint density at radius 3 is 2.63 bits per heavy atom. The third-order valence-electron chi connectivity index (χ3n) is 4.57. The SMILES string of the molecule is Cc1nsc2nc(-c3cc(S(=O)(=O)N(C)Cc4ccccc4)ccc3Cl)oc(=O)c12. The van der Waals surface area contributed by atoms with Crippen LogP contribution >= 0.6 is 23.1 Å². The molecule has 0 unspecified atom stereocenters. The molecule has 0 spiro atoms. The first-order valence-corrected chi connectivity index (χ1v) is 11.4. The standard InChI is InChI=1S/C20H16ClN3O4S2/c1-12-17-19(29-23-12)22-18(28-20(17)25)15-10-14(8-9-16(15)21)30(26,27)24(2)11-13-6-4-3-5-7-13/h3-10H,11H2,1-2H3. The summed E-state index contributed by atoms with van der Waals surface area (Å²) in [4.78, 5) is 17.1. The van der Waals surface area contributed by atoms with Crippen molar-refractivity contribution in [1.82, 2.24) is 13.7 Å². The van der Waals surface area contributed by atoms with Crippen LogP contribution in [0.3, 0.4) is 0 Å². The highest BCUT2D eigenvalue weighted by atomic mass is 35.5. The first-order valence-electron chi connectivity index (χ1n) is 8.84. The van der Waals surface area contributed by atoms with Gasteiger partial charge in [-0.3, -0.25) is 0 Å². The van der Waals surface area contributed by atoms with Crippen LogP contribution in [0.2, 0.25) is 5.02 Å². The molecule has 2 heterocycles. The van der Waals surface area contributed by atoms with Crippen LogP contribution in [-0.4, -0.2) is 29.1 Å². The molecule has 0 aliphatic rings. The maximum atomic E-state index is 13.1. The van der Waals surface area contributed by atoms with Crippen molar-refractivity contribution in [3.8, 4) is 11.5 Å². The summed E-state index contributed by atoms with van der Waals surface area (Å²) >= 11 is 7.34. The van der Waals surface area contributed by atoms with E-state index >= 15 is 0 Å². The van der Waals surface area contributed by atoms with Gasteiger partial charge in [-0.05, 0) is 42.2 Å². The fraction of sp³-hybridized carbons (Fsp3) is 0.150. The molecule has 0 fully saturated rings. The average Bonchev–Trinajstić information content (AvgIpc) is 3.10. The molecule has 30 heavy (non-hydrogen) atoms. The van der Waals surface area contributed by atoms with Gasteiger partial charge in [0.25, 0.3) is 0 Å². The Hall–Kier alpha value is -2.59. The number of rotatable bonds is 5. The van der Waals surface area contributed by atoms with Crippen LogP contribution in [-0.2, 0) is 16.6 Å². The van der Waals surface area contributed by atoms with Crippen molar-refractivity contribution in [2.75, 3.05) is 7.05 Å². The summed E-state index contributed by atoms with van der Waals surface area (Å²) in [6, 6.07) is 13.5. The first kappa shape index (κ1) is 20.7. The third-order valence-corrected chi connectivity index (χ3v) is 7.53. The predicted octanol–water partition coefficient (Wildman–Crippen LogP) is 4.09. The van der Waals surface area contributed by atoms with Gasteiger partial charge in [0, 0.05) is 13.6 Å². The summed E-state index contributed by atoms with van der Waals surface area (Å²) in [6.07, 6.45) is 0. The van der Waals surface area contributed by atoms with Gasteiger partial charge in [0.2, 0.25) is 15.9 Å². The highest BCUT2D eigenvalue weighted by Crippen LogP contribution is 2.31. The number of sulfonamides is 1. The second-order valence-electron chi connectivity index (χ2n) is 6.64. The van der Waals surface area contributed by atoms with Gasteiger partial charge in [0.05, 0.1) is 21.2 Å². The van der Waals surface area contributed by atoms with E-state index in [1.54, 1.807) is 6.92 Å². The molecule has 0 saturated heterocycles. The monoisotopic (exact) mass is 461 g/mol. The molecule has 0 aliphatic heterocycles. The number of aromatic nitrogens is 2. The second kappa shape index (κ2) is 7.92. The molecule has 154 valence electrons. The maximum Gasteiger partial charge on any atom is 0.349 e. The van der Waals surface area contributed by atoms with Gasteiger partial charge in [0.1, 0.15) is 5.39 Å². The van der Waals surface area contributed by atoms with E-state index in [1.165, 1.54) is 29.6 Å². The van der Waals surface area contributed by atoms with Gasteiger partial charge in [-0.25, -0.2) is 13.2 Å². The maximum absolute atomic E-state index is 13.1. The van der Waals surface area contributed by atoms with Crippen LogP contribution in [0.4, 0.5) is 0 Å². The normalized spacial score (nSPS) is 12.0. The molecule has 4 rings (SSSR count). The van der Waals surface area contributed by atoms with E-state index in [9.17, 15) is 13.2 Å². The fourth-order valence-corrected chi connectivity index (χ4v) is 5.12. The molecule has 0 saturated carbocycles. The van der Waals surface area contributed by atoms with Crippen LogP contribution in [0.25, 0.3) is 21.7 Å². The van der Waals surface area contributed by atoms with Gasteiger partial charge >= 0.3 is 5.63 Å². The summed E-state index contributed by atoms with van der Waals surface area (Å²) in [5.41, 5.74) is 1.02. The van der Waals surface area contributed by atoms with Crippen molar-refractivity contribution in [2.24, 2.45) is 0 Å². The molecule has 2 aromatic carbocycles. The van der Waals surface area contributed by atoms with Crippen molar-refractivity contribution in [3.05, 3.63) is 75.2 Å². The zero-order chi connectivity index (χ0) is 21.5. The molecule has 0 aliphatic carbocycles. The lowest BCUT2D eigenvalue weighted by Crippen LogP contribution is -2.26. The average molecular weight is 462 g/mol. The van der Waals surface area contributed by atoms with Crippen molar-refractivity contribution in [3.63, 3.8) is 0 Å². The van der Waals surface area contributed by atoms with Crippen molar-refractivity contribution < 1.29 is 12.8 Å². The Morgan fingerprint density at radius 2 is 1.90 bits per heavy atom. The molecular formula is C20H16ClN3O4S2. The Bertz CT molecular complexity index is 1400. The fourth-order valence-electron chi connectivity index (χ4n) is 2.97. The lowest BCUT2D eigenvalue weighted by molar-refractivity contribution is 0.466. The Kier molecular flexibility index (Phi) is 5.46. The first-order chi connectivity index (χ1) is 14.3. The summed E-state index contributed by atoms with van der Waals surface area (Å²) in [6.45, 7) is 1.90. The van der Waals surface area contributed by atoms with Crippen LogP contribution in [0.1, 0.15) is 11.3 Å². The quantitative estimate of drug-likeness (QED) is 0.444. The zero-order valence-corrected chi connectivity index (χ0v) is 18.4. The number of aryl methyl sites for hydroxylation is 1. The molecule has 0 bridgehead atoms. The smallest absolute Gasteiger partial charge is 0.349 e. The topological polar surface area (TPSA) is 93.4 Å². The van der Waals surface area contributed by atoms with E-state index in [1.807, 2.05) is 30.3 Å². The number of halogens is 1. The largest absolute Gasteiger partial charge is 0.403 e. The van der Waals surface area contributed by atoms with Gasteiger partial charge in [-0.1, -0.05) is 41.9 Å². The molecule has 10 heteroatoms. The third kappa shape index (κ3) is 3.77. The minimum absolute atomic E-state index is 0.0189. The van der Waals surface area contributed by atoms with E-state index in [4.69, 9.17) is 16.0 Å². The minimum atomic E-state index is -3.82. The van der Waals surface area contributed by atoms with Gasteiger partial charge < -0.3 is 4.42 Å². The predicted molar refractivity (Wildman–Crippen MR) is 116 cm³/mol. The van der Waals surface area contributed by atoms with Crippen LogP contribution < -0.4 is 5.63 Å². The lowest BCUT2D eigenvalue weighted by atomic mass is 10.2. The molecule has 0 N–H and O–H groups in total. The van der Waals surface area contributed by atoms with Crippen molar-refractivity contribution >= 4 is 43.4 Å².